The normalized spacial score (nSPS) is 11.5. The Kier molecular flexibility index (Phi) is 3.70. The summed E-state index contributed by atoms with van der Waals surface area (Å²) in [5.41, 5.74) is 5.17. The number of benzene rings is 2. The lowest BCUT2D eigenvalue weighted by Crippen LogP contribution is -1.96. The van der Waals surface area contributed by atoms with Crippen molar-refractivity contribution in [3.8, 4) is 10.6 Å². The molecule has 24 heavy (non-hydrogen) atoms. The first kappa shape index (κ1) is 15.1. The van der Waals surface area contributed by atoms with Crippen LogP contribution in [0.1, 0.15) is 11.3 Å². The first-order chi connectivity index (χ1) is 11.6. The standard InChI is InChI=1S/C18H14FN3OS/c1-10-5-13(17-15(6-10)21-12(8-20-17)9-23-2)18-22-14-4-3-11(19)7-16(14)24-18/h3-8H,9H2,1-2H3. The molecule has 0 spiro atoms. The van der Waals surface area contributed by atoms with E-state index in [2.05, 4.69) is 15.0 Å². The summed E-state index contributed by atoms with van der Waals surface area (Å²) in [6, 6.07) is 8.68. The highest BCUT2D eigenvalue weighted by Crippen LogP contribution is 2.34. The Balaban J connectivity index is 1.93. The zero-order chi connectivity index (χ0) is 16.7. The SMILES string of the molecule is COCc1cnc2c(-c3nc4ccc(F)cc4s3)cc(C)cc2n1. The van der Waals surface area contributed by atoms with Gasteiger partial charge in [-0.2, -0.15) is 0 Å². The number of halogens is 1. The van der Waals surface area contributed by atoms with Crippen LogP contribution in [-0.4, -0.2) is 22.1 Å². The van der Waals surface area contributed by atoms with E-state index >= 15 is 0 Å². The first-order valence-corrected chi connectivity index (χ1v) is 8.27. The summed E-state index contributed by atoms with van der Waals surface area (Å²) in [6.45, 7) is 2.44. The van der Waals surface area contributed by atoms with Gasteiger partial charge in [0.15, 0.2) is 0 Å². The predicted octanol–water partition coefficient (Wildman–Crippen LogP) is 4.50. The molecule has 4 aromatic rings. The Labute approximate surface area is 142 Å². The maximum Gasteiger partial charge on any atom is 0.126 e. The molecule has 0 radical (unpaired) electrons. The first-order valence-electron chi connectivity index (χ1n) is 7.46. The van der Waals surface area contributed by atoms with Crippen LogP contribution in [0.3, 0.4) is 0 Å². The molecule has 120 valence electrons. The molecule has 0 N–H and O–H groups in total. The van der Waals surface area contributed by atoms with Gasteiger partial charge in [0, 0.05) is 12.7 Å². The van der Waals surface area contributed by atoms with Gasteiger partial charge in [0.1, 0.15) is 10.8 Å². The quantitative estimate of drug-likeness (QED) is 0.551. The molecule has 0 aliphatic carbocycles. The minimum Gasteiger partial charge on any atom is -0.378 e. The Bertz CT molecular complexity index is 1060. The van der Waals surface area contributed by atoms with Crippen LogP contribution in [0, 0.1) is 12.7 Å². The van der Waals surface area contributed by atoms with E-state index in [-0.39, 0.29) is 5.82 Å². The van der Waals surface area contributed by atoms with E-state index in [1.165, 1.54) is 23.5 Å². The van der Waals surface area contributed by atoms with Crippen molar-refractivity contribution in [3.63, 3.8) is 0 Å². The molecule has 2 aromatic heterocycles. The summed E-state index contributed by atoms with van der Waals surface area (Å²) in [4.78, 5) is 13.8. The van der Waals surface area contributed by atoms with E-state index in [9.17, 15) is 4.39 Å². The van der Waals surface area contributed by atoms with Crippen molar-refractivity contribution in [2.45, 2.75) is 13.5 Å². The second-order valence-corrected chi connectivity index (χ2v) is 6.64. The fourth-order valence-corrected chi connectivity index (χ4v) is 3.70. The lowest BCUT2D eigenvalue weighted by Gasteiger charge is -2.06. The van der Waals surface area contributed by atoms with Crippen LogP contribution in [-0.2, 0) is 11.3 Å². The molecule has 0 unspecified atom stereocenters. The van der Waals surface area contributed by atoms with E-state index in [0.29, 0.717) is 6.61 Å². The van der Waals surface area contributed by atoms with Gasteiger partial charge >= 0.3 is 0 Å². The van der Waals surface area contributed by atoms with Crippen LogP contribution in [0.4, 0.5) is 4.39 Å². The lowest BCUT2D eigenvalue weighted by molar-refractivity contribution is 0.181. The summed E-state index contributed by atoms with van der Waals surface area (Å²) in [5, 5.41) is 0.818. The minimum absolute atomic E-state index is 0.254. The fraction of sp³-hybridized carbons (Fsp3) is 0.167. The van der Waals surface area contributed by atoms with Gasteiger partial charge in [-0.3, -0.25) is 4.98 Å². The van der Waals surface area contributed by atoms with E-state index in [1.54, 1.807) is 19.4 Å². The molecule has 0 bridgehead atoms. The largest absolute Gasteiger partial charge is 0.378 e. The third kappa shape index (κ3) is 2.64. The second-order valence-electron chi connectivity index (χ2n) is 5.61. The van der Waals surface area contributed by atoms with E-state index < -0.39 is 0 Å². The average molecular weight is 339 g/mol. The molecule has 4 nitrogen and oxygen atoms in total. The number of ether oxygens (including phenoxy) is 1. The van der Waals surface area contributed by atoms with Crippen molar-refractivity contribution in [3.05, 3.63) is 53.6 Å². The highest BCUT2D eigenvalue weighted by Gasteiger charge is 2.13. The van der Waals surface area contributed by atoms with Gasteiger partial charge in [-0.25, -0.2) is 14.4 Å². The average Bonchev–Trinajstić information content (AvgIpc) is 2.97. The molecular weight excluding hydrogens is 325 g/mol. The third-order valence-corrected chi connectivity index (χ3v) is 4.77. The van der Waals surface area contributed by atoms with Gasteiger partial charge in [-0.15, -0.1) is 11.3 Å². The van der Waals surface area contributed by atoms with Crippen LogP contribution in [0.2, 0.25) is 0 Å². The maximum atomic E-state index is 13.4. The van der Waals surface area contributed by atoms with Gasteiger partial charge < -0.3 is 4.74 Å². The van der Waals surface area contributed by atoms with Gasteiger partial charge in [0.2, 0.25) is 0 Å². The second kappa shape index (κ2) is 5.89. The predicted molar refractivity (Wildman–Crippen MR) is 93.6 cm³/mol. The molecule has 0 amide bonds. The number of aryl methyl sites for hydroxylation is 1. The summed E-state index contributed by atoms with van der Waals surface area (Å²) in [5.74, 6) is -0.254. The summed E-state index contributed by atoms with van der Waals surface area (Å²) in [6.07, 6.45) is 1.72. The van der Waals surface area contributed by atoms with Crippen molar-refractivity contribution >= 4 is 32.6 Å². The molecular formula is C18H14FN3OS. The van der Waals surface area contributed by atoms with Gasteiger partial charge in [-0.1, -0.05) is 0 Å². The highest BCUT2D eigenvalue weighted by molar-refractivity contribution is 7.21. The topological polar surface area (TPSA) is 47.9 Å². The van der Waals surface area contributed by atoms with Crippen molar-refractivity contribution in [1.29, 1.82) is 0 Å². The van der Waals surface area contributed by atoms with Crippen molar-refractivity contribution in [1.82, 2.24) is 15.0 Å². The van der Waals surface area contributed by atoms with Crippen LogP contribution in [0.25, 0.3) is 31.8 Å². The van der Waals surface area contributed by atoms with Crippen molar-refractivity contribution in [2.24, 2.45) is 0 Å². The van der Waals surface area contributed by atoms with Crippen LogP contribution in [0.15, 0.2) is 36.5 Å². The summed E-state index contributed by atoms with van der Waals surface area (Å²) < 4.78 is 19.4. The van der Waals surface area contributed by atoms with E-state index in [1.807, 2.05) is 19.1 Å². The number of aromatic nitrogens is 3. The number of hydrogen-bond acceptors (Lipinski definition) is 5. The fourth-order valence-electron chi connectivity index (χ4n) is 2.70. The number of methoxy groups -OCH3 is 1. The zero-order valence-corrected chi connectivity index (χ0v) is 14.0. The summed E-state index contributed by atoms with van der Waals surface area (Å²) in [7, 11) is 1.63. The third-order valence-electron chi connectivity index (χ3n) is 3.71. The van der Waals surface area contributed by atoms with Crippen molar-refractivity contribution in [2.75, 3.05) is 7.11 Å². The number of nitrogens with zero attached hydrogens (tertiary/aromatic N) is 3. The molecule has 6 heteroatoms. The Morgan fingerprint density at radius 1 is 1.12 bits per heavy atom. The van der Waals surface area contributed by atoms with Crippen LogP contribution >= 0.6 is 11.3 Å². The number of fused-ring (bicyclic) bond motifs is 2. The smallest absolute Gasteiger partial charge is 0.126 e. The Morgan fingerprint density at radius 3 is 2.83 bits per heavy atom. The number of rotatable bonds is 3. The maximum absolute atomic E-state index is 13.4. The molecule has 0 fully saturated rings. The zero-order valence-electron chi connectivity index (χ0n) is 13.2. The molecule has 0 aliphatic rings. The van der Waals surface area contributed by atoms with Gasteiger partial charge in [0.05, 0.1) is 39.7 Å². The monoisotopic (exact) mass is 339 g/mol. The van der Waals surface area contributed by atoms with Crippen LogP contribution < -0.4 is 0 Å². The molecule has 0 aliphatic heterocycles. The van der Waals surface area contributed by atoms with Gasteiger partial charge in [0.25, 0.3) is 0 Å². The molecule has 0 atom stereocenters. The Hall–Kier alpha value is -2.44. The molecule has 4 rings (SSSR count). The lowest BCUT2D eigenvalue weighted by atomic mass is 10.1. The summed E-state index contributed by atoms with van der Waals surface area (Å²) >= 11 is 1.46. The van der Waals surface area contributed by atoms with E-state index in [0.717, 1.165) is 43.1 Å². The molecule has 0 saturated carbocycles. The highest BCUT2D eigenvalue weighted by atomic mass is 32.1. The van der Waals surface area contributed by atoms with Crippen LogP contribution in [0.5, 0.6) is 0 Å². The van der Waals surface area contributed by atoms with E-state index in [4.69, 9.17) is 4.74 Å². The number of hydrogen-bond donors (Lipinski definition) is 0. The minimum atomic E-state index is -0.254. The molecule has 2 aromatic carbocycles. The molecule has 2 heterocycles. The van der Waals surface area contributed by atoms with Crippen molar-refractivity contribution < 1.29 is 9.13 Å². The molecule has 0 saturated heterocycles. The number of thiazole rings is 1. The Morgan fingerprint density at radius 2 is 2.00 bits per heavy atom. The van der Waals surface area contributed by atoms with Gasteiger partial charge in [-0.05, 0) is 42.8 Å².